The SMILES string of the molecule is CC(Sc1nc2ccccc2n1C)C(=O)N1CCc2sccc2C1. The predicted octanol–water partition coefficient (Wildman–Crippen LogP) is 3.70. The Balaban J connectivity index is 1.50. The summed E-state index contributed by atoms with van der Waals surface area (Å²) in [5.41, 5.74) is 3.38. The summed E-state index contributed by atoms with van der Waals surface area (Å²) in [7, 11) is 2.01. The Morgan fingerprint density at radius 1 is 1.33 bits per heavy atom. The normalized spacial score (nSPS) is 15.5. The summed E-state index contributed by atoms with van der Waals surface area (Å²) < 4.78 is 2.07. The van der Waals surface area contributed by atoms with Crippen molar-refractivity contribution in [2.24, 2.45) is 7.05 Å². The predicted molar refractivity (Wildman–Crippen MR) is 99.5 cm³/mol. The van der Waals surface area contributed by atoms with E-state index in [1.54, 1.807) is 23.1 Å². The lowest BCUT2D eigenvalue weighted by atomic mass is 10.1. The van der Waals surface area contributed by atoms with Crippen molar-refractivity contribution in [2.75, 3.05) is 6.54 Å². The first kappa shape index (κ1) is 15.7. The van der Waals surface area contributed by atoms with Gasteiger partial charge in [0.1, 0.15) is 0 Å². The van der Waals surface area contributed by atoms with Crippen molar-refractivity contribution in [3.8, 4) is 0 Å². The molecule has 0 fully saturated rings. The highest BCUT2D eigenvalue weighted by Gasteiger charge is 2.27. The second-order valence-electron chi connectivity index (χ2n) is 6.08. The summed E-state index contributed by atoms with van der Waals surface area (Å²) in [4.78, 5) is 20.9. The van der Waals surface area contributed by atoms with Crippen LogP contribution >= 0.6 is 23.1 Å². The van der Waals surface area contributed by atoms with Gasteiger partial charge in [0, 0.05) is 25.0 Å². The lowest BCUT2D eigenvalue weighted by molar-refractivity contribution is -0.131. The fourth-order valence-electron chi connectivity index (χ4n) is 3.13. The number of hydrogen-bond acceptors (Lipinski definition) is 4. The lowest BCUT2D eigenvalue weighted by Crippen LogP contribution is -2.39. The van der Waals surface area contributed by atoms with Gasteiger partial charge in [0.25, 0.3) is 0 Å². The van der Waals surface area contributed by atoms with E-state index in [0.717, 1.165) is 35.7 Å². The van der Waals surface area contributed by atoms with Gasteiger partial charge in [0.2, 0.25) is 5.91 Å². The van der Waals surface area contributed by atoms with E-state index >= 15 is 0 Å². The third-order valence-electron chi connectivity index (χ3n) is 4.50. The van der Waals surface area contributed by atoms with E-state index in [0.29, 0.717) is 0 Å². The topological polar surface area (TPSA) is 38.1 Å². The van der Waals surface area contributed by atoms with Crippen LogP contribution in [0.2, 0.25) is 0 Å². The first-order valence-electron chi connectivity index (χ1n) is 8.05. The number of thioether (sulfide) groups is 1. The molecule has 4 nitrogen and oxygen atoms in total. The largest absolute Gasteiger partial charge is 0.337 e. The highest BCUT2D eigenvalue weighted by molar-refractivity contribution is 8.00. The van der Waals surface area contributed by atoms with Gasteiger partial charge in [-0.2, -0.15) is 0 Å². The minimum absolute atomic E-state index is 0.138. The zero-order valence-electron chi connectivity index (χ0n) is 13.7. The summed E-state index contributed by atoms with van der Waals surface area (Å²) in [5, 5.41) is 2.88. The molecule has 24 heavy (non-hydrogen) atoms. The zero-order chi connectivity index (χ0) is 16.7. The molecular weight excluding hydrogens is 338 g/mol. The number of carbonyl (C=O) groups excluding carboxylic acids is 1. The molecule has 0 bridgehead atoms. The van der Waals surface area contributed by atoms with Gasteiger partial charge in [-0.3, -0.25) is 4.79 Å². The van der Waals surface area contributed by atoms with Crippen molar-refractivity contribution in [1.82, 2.24) is 14.5 Å². The van der Waals surface area contributed by atoms with Crippen LogP contribution in [-0.2, 0) is 24.8 Å². The Morgan fingerprint density at radius 2 is 2.17 bits per heavy atom. The first-order valence-corrected chi connectivity index (χ1v) is 9.81. The number of imidazole rings is 1. The molecule has 0 saturated carbocycles. The van der Waals surface area contributed by atoms with Gasteiger partial charge in [0.15, 0.2) is 5.16 Å². The number of nitrogens with zero attached hydrogens (tertiary/aromatic N) is 3. The van der Waals surface area contributed by atoms with Crippen LogP contribution < -0.4 is 0 Å². The van der Waals surface area contributed by atoms with Crippen molar-refractivity contribution in [3.63, 3.8) is 0 Å². The Labute approximate surface area is 149 Å². The molecule has 1 amide bonds. The molecule has 124 valence electrons. The maximum atomic E-state index is 12.8. The molecule has 1 atom stereocenters. The Kier molecular flexibility index (Phi) is 4.10. The van der Waals surface area contributed by atoms with Gasteiger partial charge >= 0.3 is 0 Å². The molecule has 1 aliphatic rings. The number of fused-ring (bicyclic) bond motifs is 2. The minimum Gasteiger partial charge on any atom is -0.337 e. The van der Waals surface area contributed by atoms with Crippen LogP contribution in [0.15, 0.2) is 40.9 Å². The van der Waals surface area contributed by atoms with Gasteiger partial charge in [-0.25, -0.2) is 4.98 Å². The average molecular weight is 358 g/mol. The van der Waals surface area contributed by atoms with Crippen LogP contribution in [0.25, 0.3) is 11.0 Å². The summed E-state index contributed by atoms with van der Waals surface area (Å²) >= 11 is 3.34. The number of aromatic nitrogens is 2. The molecule has 3 heterocycles. The minimum atomic E-state index is -0.138. The van der Waals surface area contributed by atoms with Gasteiger partial charge in [-0.15, -0.1) is 11.3 Å². The fraction of sp³-hybridized carbons (Fsp3) is 0.333. The maximum absolute atomic E-state index is 12.8. The third kappa shape index (κ3) is 2.74. The summed E-state index contributed by atoms with van der Waals surface area (Å²) in [6.07, 6.45) is 0.975. The molecule has 0 saturated heterocycles. The van der Waals surface area contributed by atoms with E-state index in [1.807, 2.05) is 37.1 Å². The number of thiophene rings is 1. The molecule has 3 aromatic rings. The van der Waals surface area contributed by atoms with Gasteiger partial charge in [-0.05, 0) is 42.5 Å². The van der Waals surface area contributed by atoms with Gasteiger partial charge in [-0.1, -0.05) is 23.9 Å². The lowest BCUT2D eigenvalue weighted by Gasteiger charge is -2.29. The second-order valence-corrected chi connectivity index (χ2v) is 8.39. The van der Waals surface area contributed by atoms with Crippen LogP contribution in [0, 0.1) is 0 Å². The molecule has 1 aromatic carbocycles. The Hall–Kier alpha value is -1.79. The van der Waals surface area contributed by atoms with Crippen molar-refractivity contribution < 1.29 is 4.79 Å². The highest BCUT2D eigenvalue weighted by Crippen LogP contribution is 2.29. The number of hydrogen-bond donors (Lipinski definition) is 0. The van der Waals surface area contributed by atoms with Crippen LogP contribution in [0.3, 0.4) is 0 Å². The number of rotatable bonds is 3. The number of aryl methyl sites for hydroxylation is 1. The Bertz CT molecular complexity index is 899. The van der Waals surface area contributed by atoms with Crippen LogP contribution in [0.4, 0.5) is 0 Å². The van der Waals surface area contributed by atoms with Crippen LogP contribution in [-0.4, -0.2) is 32.2 Å². The molecule has 1 aliphatic heterocycles. The van der Waals surface area contributed by atoms with Crippen LogP contribution in [0.1, 0.15) is 17.4 Å². The van der Waals surface area contributed by atoms with E-state index in [-0.39, 0.29) is 11.2 Å². The Morgan fingerprint density at radius 3 is 3.00 bits per heavy atom. The summed E-state index contributed by atoms with van der Waals surface area (Å²) in [6, 6.07) is 10.2. The molecule has 0 radical (unpaired) electrons. The van der Waals surface area contributed by atoms with E-state index in [4.69, 9.17) is 0 Å². The van der Waals surface area contributed by atoms with Crippen molar-refractivity contribution in [1.29, 1.82) is 0 Å². The molecule has 0 spiro atoms. The quantitative estimate of drug-likeness (QED) is 0.671. The fourth-order valence-corrected chi connectivity index (χ4v) is 4.99. The highest BCUT2D eigenvalue weighted by atomic mass is 32.2. The van der Waals surface area contributed by atoms with Crippen LogP contribution in [0.5, 0.6) is 0 Å². The van der Waals surface area contributed by atoms with Gasteiger partial charge < -0.3 is 9.47 Å². The molecule has 4 rings (SSSR count). The van der Waals surface area contributed by atoms with E-state index in [2.05, 4.69) is 27.1 Å². The smallest absolute Gasteiger partial charge is 0.236 e. The van der Waals surface area contributed by atoms with E-state index in [9.17, 15) is 4.79 Å². The third-order valence-corrected chi connectivity index (χ3v) is 6.65. The number of carbonyl (C=O) groups is 1. The van der Waals surface area contributed by atoms with Gasteiger partial charge in [0.05, 0.1) is 16.3 Å². The second kappa shape index (κ2) is 6.26. The molecular formula is C18H19N3OS2. The first-order chi connectivity index (χ1) is 11.6. The average Bonchev–Trinajstić information content (AvgIpc) is 3.19. The summed E-state index contributed by atoms with van der Waals surface area (Å²) in [6.45, 7) is 3.54. The maximum Gasteiger partial charge on any atom is 0.236 e. The standard InChI is InChI=1S/C18H19N3OS2/c1-12(17(22)21-9-7-16-13(11-21)8-10-23-16)24-18-19-14-5-3-4-6-15(14)20(18)2/h3-6,8,10,12H,7,9,11H2,1-2H3. The molecule has 6 heteroatoms. The molecule has 2 aromatic heterocycles. The molecule has 0 N–H and O–H groups in total. The van der Waals surface area contributed by atoms with Crippen molar-refractivity contribution in [3.05, 3.63) is 46.2 Å². The number of amides is 1. The van der Waals surface area contributed by atoms with E-state index in [1.165, 1.54) is 10.4 Å². The summed E-state index contributed by atoms with van der Waals surface area (Å²) in [5.74, 6) is 0.198. The van der Waals surface area contributed by atoms with E-state index < -0.39 is 0 Å². The molecule has 0 aliphatic carbocycles. The number of para-hydroxylation sites is 2. The monoisotopic (exact) mass is 357 g/mol. The zero-order valence-corrected chi connectivity index (χ0v) is 15.4. The molecule has 1 unspecified atom stereocenters. The van der Waals surface area contributed by atoms with Crippen molar-refractivity contribution >= 4 is 40.0 Å². The van der Waals surface area contributed by atoms with Crippen molar-refractivity contribution in [2.45, 2.75) is 30.3 Å². The number of benzene rings is 1.